The second kappa shape index (κ2) is 6.95. The summed E-state index contributed by atoms with van der Waals surface area (Å²) in [5, 5.41) is 16.6. The van der Waals surface area contributed by atoms with Crippen LogP contribution in [0.4, 0.5) is 0 Å². The number of hydrogen-bond donors (Lipinski definition) is 2. The van der Waals surface area contributed by atoms with E-state index in [1.54, 1.807) is 0 Å². The summed E-state index contributed by atoms with van der Waals surface area (Å²) in [7, 11) is 1.93. The van der Waals surface area contributed by atoms with Crippen molar-refractivity contribution in [3.05, 3.63) is 83.4 Å². The van der Waals surface area contributed by atoms with Crippen molar-refractivity contribution in [3.63, 3.8) is 0 Å². The van der Waals surface area contributed by atoms with Crippen LogP contribution in [0.25, 0.3) is 10.8 Å². The minimum atomic E-state index is -0.523. The maximum absolute atomic E-state index is 11.0. The summed E-state index contributed by atoms with van der Waals surface area (Å²) in [6.07, 6.45) is -0.523. The fourth-order valence-electron chi connectivity index (χ4n) is 3.21. The summed E-state index contributed by atoms with van der Waals surface area (Å²) in [5.41, 5.74) is 3.29. The van der Waals surface area contributed by atoms with Gasteiger partial charge in [-0.3, -0.25) is 0 Å². The Kier molecular flexibility index (Phi) is 4.75. The Bertz CT molecular complexity index is 796. The molecule has 2 N–H and O–H groups in total. The average molecular weight is 305 g/mol. The van der Waals surface area contributed by atoms with Crippen LogP contribution in [-0.4, -0.2) is 18.7 Å². The molecule has 3 aromatic rings. The lowest BCUT2D eigenvalue weighted by molar-refractivity contribution is 0.143. The van der Waals surface area contributed by atoms with Crippen LogP contribution < -0.4 is 5.32 Å². The first-order valence-corrected chi connectivity index (χ1v) is 8.07. The number of benzene rings is 3. The highest BCUT2D eigenvalue weighted by atomic mass is 16.3. The van der Waals surface area contributed by atoms with E-state index in [9.17, 15) is 5.11 Å². The fraction of sp³-hybridized carbons (Fsp3) is 0.238. The largest absolute Gasteiger partial charge is 0.388 e. The molecule has 118 valence electrons. The van der Waals surface area contributed by atoms with Gasteiger partial charge in [-0.25, -0.2) is 0 Å². The average Bonchev–Trinajstić information content (AvgIpc) is 2.59. The quantitative estimate of drug-likeness (QED) is 0.741. The van der Waals surface area contributed by atoms with Crippen molar-refractivity contribution in [2.75, 3.05) is 13.6 Å². The lowest BCUT2D eigenvalue weighted by Crippen LogP contribution is -2.23. The highest BCUT2D eigenvalue weighted by molar-refractivity contribution is 5.83. The Morgan fingerprint density at radius 3 is 2.35 bits per heavy atom. The number of nitrogens with one attached hydrogen (secondary N) is 1. The van der Waals surface area contributed by atoms with Crippen LogP contribution in [0.5, 0.6) is 0 Å². The molecule has 23 heavy (non-hydrogen) atoms. The molecule has 3 rings (SSSR count). The molecule has 2 nitrogen and oxygen atoms in total. The van der Waals surface area contributed by atoms with Crippen molar-refractivity contribution in [2.24, 2.45) is 0 Å². The molecule has 0 bridgehead atoms. The van der Waals surface area contributed by atoms with E-state index in [4.69, 9.17) is 0 Å². The van der Waals surface area contributed by atoms with Crippen molar-refractivity contribution in [1.29, 1.82) is 0 Å². The molecule has 0 radical (unpaired) electrons. The van der Waals surface area contributed by atoms with Gasteiger partial charge in [0.25, 0.3) is 0 Å². The molecule has 0 aromatic heterocycles. The monoisotopic (exact) mass is 305 g/mol. The molecule has 2 unspecified atom stereocenters. The Hall–Kier alpha value is -2.16. The molecule has 3 aromatic carbocycles. The number of aryl methyl sites for hydroxylation is 1. The maximum atomic E-state index is 11.0. The SMILES string of the molecule is CNCC(c1ccc2ccccc2c1)C(O)c1ccccc1C. The smallest absolute Gasteiger partial charge is 0.0873 e. The van der Waals surface area contributed by atoms with Gasteiger partial charge < -0.3 is 10.4 Å². The standard InChI is InChI=1S/C21H23NO/c1-15-7-3-6-10-19(15)21(23)20(14-22-2)18-12-11-16-8-4-5-9-17(16)13-18/h3-13,20-23H,14H2,1-2H3. The fourth-order valence-corrected chi connectivity index (χ4v) is 3.21. The minimum absolute atomic E-state index is 0.0192. The van der Waals surface area contributed by atoms with Crippen LogP contribution in [0.1, 0.15) is 28.7 Å². The van der Waals surface area contributed by atoms with Crippen molar-refractivity contribution in [1.82, 2.24) is 5.32 Å². The van der Waals surface area contributed by atoms with Crippen LogP contribution in [0, 0.1) is 6.92 Å². The molecule has 0 heterocycles. The van der Waals surface area contributed by atoms with Crippen LogP contribution in [0.2, 0.25) is 0 Å². The molecule has 0 saturated carbocycles. The van der Waals surface area contributed by atoms with Gasteiger partial charge in [0.2, 0.25) is 0 Å². The lowest BCUT2D eigenvalue weighted by atomic mass is 9.86. The molecule has 2 heteroatoms. The second-order valence-electron chi connectivity index (χ2n) is 6.07. The Morgan fingerprint density at radius 2 is 1.61 bits per heavy atom. The third-order valence-electron chi connectivity index (χ3n) is 4.51. The van der Waals surface area contributed by atoms with Crippen molar-refractivity contribution in [2.45, 2.75) is 18.9 Å². The lowest BCUT2D eigenvalue weighted by Gasteiger charge is -2.25. The highest BCUT2D eigenvalue weighted by Gasteiger charge is 2.23. The normalized spacial score (nSPS) is 13.9. The molecule has 0 aliphatic rings. The first-order valence-electron chi connectivity index (χ1n) is 8.07. The summed E-state index contributed by atoms with van der Waals surface area (Å²) >= 11 is 0. The van der Waals surface area contributed by atoms with Gasteiger partial charge in [0.1, 0.15) is 0 Å². The molecule has 0 saturated heterocycles. The van der Waals surface area contributed by atoms with Gasteiger partial charge in [0.05, 0.1) is 6.10 Å². The van der Waals surface area contributed by atoms with E-state index >= 15 is 0 Å². The molecule has 0 aliphatic carbocycles. The van der Waals surface area contributed by atoms with Gasteiger partial charge in [-0.05, 0) is 41.4 Å². The number of likely N-dealkylation sites (N-methyl/N-ethyl adjacent to an activating group) is 1. The zero-order valence-electron chi connectivity index (χ0n) is 13.7. The van der Waals surface area contributed by atoms with Gasteiger partial charge in [-0.1, -0.05) is 66.7 Å². The highest BCUT2D eigenvalue weighted by Crippen LogP contribution is 2.33. The Labute approximate surface area is 137 Å². The number of hydrogen-bond acceptors (Lipinski definition) is 2. The van der Waals surface area contributed by atoms with Gasteiger partial charge in [-0.15, -0.1) is 0 Å². The van der Waals surface area contributed by atoms with E-state index < -0.39 is 6.10 Å². The predicted octanol–water partition coefficient (Wildman–Crippen LogP) is 4.18. The van der Waals surface area contributed by atoms with Crippen LogP contribution in [0.15, 0.2) is 66.7 Å². The second-order valence-corrected chi connectivity index (χ2v) is 6.07. The van der Waals surface area contributed by atoms with Gasteiger partial charge in [0, 0.05) is 12.5 Å². The summed E-state index contributed by atoms with van der Waals surface area (Å²) in [6, 6.07) is 22.9. The van der Waals surface area contributed by atoms with Crippen LogP contribution >= 0.6 is 0 Å². The van der Waals surface area contributed by atoms with Gasteiger partial charge >= 0.3 is 0 Å². The summed E-state index contributed by atoms with van der Waals surface area (Å²) in [4.78, 5) is 0. The molecule has 0 amide bonds. The zero-order valence-corrected chi connectivity index (χ0v) is 13.7. The minimum Gasteiger partial charge on any atom is -0.388 e. The van der Waals surface area contributed by atoms with E-state index in [1.165, 1.54) is 10.8 Å². The summed E-state index contributed by atoms with van der Waals surface area (Å²) < 4.78 is 0. The van der Waals surface area contributed by atoms with E-state index in [2.05, 4.69) is 60.8 Å². The molecule has 0 aliphatic heterocycles. The van der Waals surface area contributed by atoms with Crippen molar-refractivity contribution >= 4 is 10.8 Å². The zero-order chi connectivity index (χ0) is 16.2. The predicted molar refractivity (Wildman–Crippen MR) is 96.8 cm³/mol. The van der Waals surface area contributed by atoms with Crippen molar-refractivity contribution in [3.8, 4) is 0 Å². The van der Waals surface area contributed by atoms with Crippen LogP contribution in [-0.2, 0) is 0 Å². The number of fused-ring (bicyclic) bond motifs is 1. The van der Waals surface area contributed by atoms with Crippen LogP contribution in [0.3, 0.4) is 0 Å². The number of aliphatic hydroxyl groups excluding tert-OH is 1. The summed E-state index contributed by atoms with van der Waals surface area (Å²) in [6.45, 7) is 2.78. The molecule has 2 atom stereocenters. The molecule has 0 spiro atoms. The van der Waals surface area contributed by atoms with E-state index in [-0.39, 0.29) is 5.92 Å². The first kappa shape index (κ1) is 15.7. The number of rotatable bonds is 5. The summed E-state index contributed by atoms with van der Waals surface area (Å²) in [5.74, 6) is 0.0192. The number of aliphatic hydroxyl groups is 1. The van der Waals surface area contributed by atoms with E-state index in [0.717, 1.165) is 23.2 Å². The molecular formula is C21H23NO. The Morgan fingerprint density at radius 1 is 0.913 bits per heavy atom. The topological polar surface area (TPSA) is 32.3 Å². The van der Waals surface area contributed by atoms with Crippen molar-refractivity contribution < 1.29 is 5.11 Å². The van der Waals surface area contributed by atoms with Gasteiger partial charge in [-0.2, -0.15) is 0 Å². The first-order chi connectivity index (χ1) is 11.2. The van der Waals surface area contributed by atoms with Gasteiger partial charge in [0.15, 0.2) is 0 Å². The Balaban J connectivity index is 2.01. The molecule has 0 fully saturated rings. The maximum Gasteiger partial charge on any atom is 0.0873 e. The van der Waals surface area contributed by atoms with E-state index in [1.807, 2.05) is 25.2 Å². The van der Waals surface area contributed by atoms with E-state index in [0.29, 0.717) is 0 Å². The third kappa shape index (κ3) is 3.29. The third-order valence-corrected chi connectivity index (χ3v) is 4.51. The molecular weight excluding hydrogens is 282 g/mol.